The second-order valence-electron chi connectivity index (χ2n) is 4.23. The van der Waals surface area contributed by atoms with Crippen molar-refractivity contribution in [3.8, 4) is 0 Å². The molecule has 0 amide bonds. The first-order valence-corrected chi connectivity index (χ1v) is 5.64. The van der Waals surface area contributed by atoms with Gasteiger partial charge in [-0.25, -0.2) is 4.98 Å². The zero-order chi connectivity index (χ0) is 10.7. The van der Waals surface area contributed by atoms with Gasteiger partial charge in [-0.05, 0) is 43.9 Å². The van der Waals surface area contributed by atoms with Gasteiger partial charge in [-0.1, -0.05) is 19.6 Å². The van der Waals surface area contributed by atoms with E-state index in [-0.39, 0.29) is 7.43 Å². The van der Waals surface area contributed by atoms with Crippen LogP contribution >= 0.6 is 0 Å². The summed E-state index contributed by atoms with van der Waals surface area (Å²) in [7, 11) is 0. The maximum absolute atomic E-state index is 4.43. The van der Waals surface area contributed by atoms with Gasteiger partial charge < -0.3 is 4.90 Å². The SMILES string of the molecule is C.C=C(C)c1ccnc(N2CCCCC2)c1. The van der Waals surface area contributed by atoms with Crippen LogP contribution in [0.3, 0.4) is 0 Å². The Hall–Kier alpha value is -1.31. The fraction of sp³-hybridized carbons (Fsp3) is 0.500. The summed E-state index contributed by atoms with van der Waals surface area (Å²) in [5.74, 6) is 1.11. The number of piperidine rings is 1. The van der Waals surface area contributed by atoms with Gasteiger partial charge >= 0.3 is 0 Å². The lowest BCUT2D eigenvalue weighted by molar-refractivity contribution is 0.573. The van der Waals surface area contributed by atoms with E-state index in [0.717, 1.165) is 24.5 Å². The van der Waals surface area contributed by atoms with Gasteiger partial charge in [-0.3, -0.25) is 0 Å². The normalized spacial score (nSPS) is 15.4. The molecular formula is C14H22N2. The molecule has 1 aromatic rings. The second-order valence-corrected chi connectivity index (χ2v) is 4.23. The molecule has 1 aliphatic rings. The van der Waals surface area contributed by atoms with Gasteiger partial charge in [0, 0.05) is 19.3 Å². The molecule has 0 spiro atoms. The number of allylic oxidation sites excluding steroid dienone is 1. The maximum Gasteiger partial charge on any atom is 0.129 e. The molecular weight excluding hydrogens is 196 g/mol. The summed E-state index contributed by atoms with van der Waals surface area (Å²) in [6.45, 7) is 8.29. The van der Waals surface area contributed by atoms with E-state index >= 15 is 0 Å². The molecule has 0 saturated carbocycles. The molecule has 2 heterocycles. The maximum atomic E-state index is 4.43. The third-order valence-corrected chi connectivity index (χ3v) is 2.92. The zero-order valence-electron chi connectivity index (χ0n) is 9.37. The van der Waals surface area contributed by atoms with Crippen LogP contribution in [0.4, 0.5) is 5.82 Å². The monoisotopic (exact) mass is 218 g/mol. The van der Waals surface area contributed by atoms with Crippen LogP contribution in [-0.2, 0) is 0 Å². The van der Waals surface area contributed by atoms with Gasteiger partial charge in [0.15, 0.2) is 0 Å². The first-order valence-electron chi connectivity index (χ1n) is 5.64. The minimum atomic E-state index is 0. The molecule has 0 radical (unpaired) electrons. The number of nitrogens with zero attached hydrogens (tertiary/aromatic N) is 2. The lowest BCUT2D eigenvalue weighted by atomic mass is 10.1. The van der Waals surface area contributed by atoms with Crippen LogP contribution in [0.2, 0.25) is 0 Å². The Kier molecular flexibility index (Phi) is 4.53. The van der Waals surface area contributed by atoms with Crippen molar-refractivity contribution in [2.75, 3.05) is 18.0 Å². The average molecular weight is 218 g/mol. The molecule has 88 valence electrons. The number of anilines is 1. The molecule has 0 atom stereocenters. The van der Waals surface area contributed by atoms with Crippen molar-refractivity contribution in [3.05, 3.63) is 30.5 Å². The summed E-state index contributed by atoms with van der Waals surface area (Å²) in [6, 6.07) is 4.17. The number of pyridine rings is 1. The minimum absolute atomic E-state index is 0. The highest BCUT2D eigenvalue weighted by molar-refractivity contribution is 5.64. The largest absolute Gasteiger partial charge is 0.357 e. The molecule has 2 heteroatoms. The second kappa shape index (κ2) is 5.69. The van der Waals surface area contributed by atoms with Gasteiger partial charge in [0.05, 0.1) is 0 Å². The molecule has 0 aliphatic carbocycles. The Balaban J connectivity index is 0.00000128. The summed E-state index contributed by atoms with van der Waals surface area (Å²) < 4.78 is 0. The molecule has 0 aromatic carbocycles. The van der Waals surface area contributed by atoms with Crippen LogP contribution in [-0.4, -0.2) is 18.1 Å². The summed E-state index contributed by atoms with van der Waals surface area (Å²) >= 11 is 0. The smallest absolute Gasteiger partial charge is 0.129 e. The van der Waals surface area contributed by atoms with Crippen LogP contribution in [0.25, 0.3) is 5.57 Å². The molecule has 1 saturated heterocycles. The lowest BCUT2D eigenvalue weighted by Crippen LogP contribution is -2.30. The van der Waals surface area contributed by atoms with Gasteiger partial charge in [0.25, 0.3) is 0 Å². The average Bonchev–Trinajstić information content (AvgIpc) is 2.30. The van der Waals surface area contributed by atoms with E-state index in [1.54, 1.807) is 0 Å². The van der Waals surface area contributed by atoms with Crippen LogP contribution in [0, 0.1) is 0 Å². The van der Waals surface area contributed by atoms with E-state index in [2.05, 4.69) is 22.5 Å². The Morgan fingerprint density at radius 2 is 2.00 bits per heavy atom. The van der Waals surface area contributed by atoms with Crippen molar-refractivity contribution in [1.29, 1.82) is 0 Å². The molecule has 2 nitrogen and oxygen atoms in total. The van der Waals surface area contributed by atoms with Crippen molar-refractivity contribution < 1.29 is 0 Å². The molecule has 1 aliphatic heterocycles. The topological polar surface area (TPSA) is 16.1 Å². The predicted molar refractivity (Wildman–Crippen MR) is 71.7 cm³/mol. The standard InChI is InChI=1S/C13H18N2.CH4/c1-11(2)12-6-7-14-13(10-12)15-8-4-3-5-9-15;/h6-7,10H,1,3-5,8-9H2,2H3;1H4. The first-order chi connectivity index (χ1) is 7.27. The van der Waals surface area contributed by atoms with Gasteiger partial charge in [-0.2, -0.15) is 0 Å². The summed E-state index contributed by atoms with van der Waals surface area (Å²) in [5.41, 5.74) is 2.31. The Morgan fingerprint density at radius 3 is 2.62 bits per heavy atom. The Bertz CT molecular complexity index is 352. The quantitative estimate of drug-likeness (QED) is 0.751. The summed E-state index contributed by atoms with van der Waals surface area (Å²) in [4.78, 5) is 6.80. The van der Waals surface area contributed by atoms with Crippen molar-refractivity contribution in [3.63, 3.8) is 0 Å². The van der Waals surface area contributed by atoms with Crippen LogP contribution < -0.4 is 4.90 Å². The van der Waals surface area contributed by atoms with Gasteiger partial charge in [-0.15, -0.1) is 0 Å². The third kappa shape index (κ3) is 2.84. The van der Waals surface area contributed by atoms with E-state index in [0.29, 0.717) is 0 Å². The number of hydrogen-bond acceptors (Lipinski definition) is 2. The fourth-order valence-electron chi connectivity index (χ4n) is 1.98. The van der Waals surface area contributed by atoms with E-state index < -0.39 is 0 Å². The molecule has 0 unspecified atom stereocenters. The van der Waals surface area contributed by atoms with E-state index in [4.69, 9.17) is 0 Å². The summed E-state index contributed by atoms with van der Waals surface area (Å²) in [6.07, 6.45) is 5.82. The van der Waals surface area contributed by atoms with Crippen molar-refractivity contribution >= 4 is 11.4 Å². The van der Waals surface area contributed by atoms with Crippen LogP contribution in [0.15, 0.2) is 24.9 Å². The predicted octanol–water partition coefficient (Wildman–Crippen LogP) is 3.74. The number of rotatable bonds is 2. The Morgan fingerprint density at radius 1 is 1.31 bits per heavy atom. The van der Waals surface area contributed by atoms with Crippen molar-refractivity contribution in [1.82, 2.24) is 4.98 Å². The van der Waals surface area contributed by atoms with E-state index in [1.165, 1.54) is 24.8 Å². The fourth-order valence-corrected chi connectivity index (χ4v) is 1.98. The molecule has 0 bridgehead atoms. The lowest BCUT2D eigenvalue weighted by Gasteiger charge is -2.27. The van der Waals surface area contributed by atoms with Gasteiger partial charge in [0.2, 0.25) is 0 Å². The minimum Gasteiger partial charge on any atom is -0.357 e. The summed E-state index contributed by atoms with van der Waals surface area (Å²) in [5, 5.41) is 0. The highest BCUT2D eigenvalue weighted by Crippen LogP contribution is 2.20. The van der Waals surface area contributed by atoms with Crippen LogP contribution in [0.1, 0.15) is 39.2 Å². The number of hydrogen-bond donors (Lipinski definition) is 0. The van der Waals surface area contributed by atoms with E-state index in [1.807, 2.05) is 19.2 Å². The third-order valence-electron chi connectivity index (χ3n) is 2.92. The van der Waals surface area contributed by atoms with Crippen molar-refractivity contribution in [2.45, 2.75) is 33.6 Å². The molecule has 0 N–H and O–H groups in total. The Labute approximate surface area is 99.0 Å². The highest BCUT2D eigenvalue weighted by atomic mass is 15.2. The molecule has 1 aromatic heterocycles. The molecule has 2 rings (SSSR count). The first kappa shape index (κ1) is 12.8. The van der Waals surface area contributed by atoms with Crippen LogP contribution in [0.5, 0.6) is 0 Å². The number of aromatic nitrogens is 1. The molecule has 16 heavy (non-hydrogen) atoms. The highest BCUT2D eigenvalue weighted by Gasteiger charge is 2.11. The molecule has 1 fully saturated rings. The van der Waals surface area contributed by atoms with Crippen molar-refractivity contribution in [2.24, 2.45) is 0 Å². The van der Waals surface area contributed by atoms with Gasteiger partial charge in [0.1, 0.15) is 5.82 Å². The zero-order valence-corrected chi connectivity index (χ0v) is 9.37. The van der Waals surface area contributed by atoms with E-state index in [9.17, 15) is 0 Å².